The van der Waals surface area contributed by atoms with Crippen LogP contribution < -0.4 is 34.0 Å². The van der Waals surface area contributed by atoms with Crippen LogP contribution >= 0.6 is 0 Å². The molecule has 644 valence electrons. The maximum absolute atomic E-state index is 13.3. The number of benzene rings is 5. The smallest absolute Gasteiger partial charge is 0.371 e. The number of anilines is 6. The number of fused-ring (bicyclic) bond motifs is 7. The fourth-order valence-corrected chi connectivity index (χ4v) is 13.1. The summed E-state index contributed by atoms with van der Waals surface area (Å²) in [5, 5.41) is 47.9. The lowest BCUT2D eigenvalue weighted by molar-refractivity contribution is 0.0655. The Morgan fingerprint density at radius 3 is 1.09 bits per heavy atom. The van der Waals surface area contributed by atoms with E-state index in [2.05, 4.69) is 86.9 Å². The van der Waals surface area contributed by atoms with Gasteiger partial charge in [-0.15, -0.1) is 0 Å². The molecule has 1 aliphatic heterocycles. The highest BCUT2D eigenvalue weighted by Gasteiger charge is 2.32. The molecule has 5 N–H and O–H groups in total. The van der Waals surface area contributed by atoms with Crippen molar-refractivity contribution in [3.8, 4) is 67.8 Å². The zero-order valence-electron chi connectivity index (χ0n) is 69.8. The molecule has 0 bridgehead atoms. The third-order valence-electron chi connectivity index (χ3n) is 20.7. The van der Waals surface area contributed by atoms with Crippen molar-refractivity contribution in [1.82, 2.24) is 59.8 Å². The number of carboxylic acid groups (broad SMARTS) is 5. The molecule has 0 radical (unpaired) electrons. The number of carboxylic acids is 5. The quantitative estimate of drug-likeness (QED) is 0.0473. The Labute approximate surface area is 719 Å². The minimum absolute atomic E-state index is 0.101. The first-order valence-electron chi connectivity index (χ1n) is 39.5. The second-order valence-electron chi connectivity index (χ2n) is 30.1. The second kappa shape index (κ2) is 35.9. The molecule has 1 aliphatic carbocycles. The maximum atomic E-state index is 13.3. The van der Waals surface area contributed by atoms with Gasteiger partial charge in [-0.1, -0.05) is 36.4 Å². The van der Waals surface area contributed by atoms with Crippen molar-refractivity contribution in [3.05, 3.63) is 229 Å². The highest BCUT2D eigenvalue weighted by Crippen LogP contribution is 2.42. The molecule has 0 unspecified atom stereocenters. The Balaban J connectivity index is 0.000000122. The molecule has 5 aromatic carbocycles. The van der Waals surface area contributed by atoms with Crippen molar-refractivity contribution >= 4 is 132 Å². The van der Waals surface area contributed by atoms with E-state index in [9.17, 15) is 37.9 Å². The van der Waals surface area contributed by atoms with E-state index in [1.54, 1.807) is 67.1 Å². The predicted octanol–water partition coefficient (Wildman–Crippen LogP) is 17.8. The summed E-state index contributed by atoms with van der Waals surface area (Å²) < 4.78 is 63.9. The van der Waals surface area contributed by atoms with Gasteiger partial charge in [0.25, 0.3) is 0 Å². The third-order valence-corrected chi connectivity index (χ3v) is 20.7. The number of carbonyl (C=O) groups is 5. The van der Waals surface area contributed by atoms with Gasteiger partial charge in [0, 0.05) is 136 Å². The van der Waals surface area contributed by atoms with Crippen molar-refractivity contribution < 1.29 is 89.8 Å². The number of hydrogen-bond acceptors (Lipinski definition) is 29. The van der Waals surface area contributed by atoms with E-state index in [1.165, 1.54) is 54.6 Å². The maximum Gasteiger partial charge on any atom is 0.371 e. The van der Waals surface area contributed by atoms with Crippen LogP contribution in [0.4, 0.5) is 43.6 Å². The lowest BCUT2D eigenvalue weighted by Gasteiger charge is -2.24. The van der Waals surface area contributed by atoms with Crippen molar-refractivity contribution in [2.45, 2.75) is 78.6 Å². The average Bonchev–Trinajstić information content (AvgIpc) is 1.77. The lowest BCUT2D eigenvalue weighted by atomic mass is 10.0. The lowest BCUT2D eigenvalue weighted by Crippen LogP contribution is -2.27. The van der Waals surface area contributed by atoms with Crippen LogP contribution in [-0.2, 0) is 0 Å². The summed E-state index contributed by atoms with van der Waals surface area (Å²) in [5.41, 5.74) is 10.4. The monoisotopic (exact) mass is 1720 g/mol. The fraction of sp³-hybridized carbons (Fsp3) is 0.198. The van der Waals surface area contributed by atoms with E-state index in [0.29, 0.717) is 114 Å². The van der Waals surface area contributed by atoms with Crippen LogP contribution in [0.25, 0.3) is 123 Å². The summed E-state index contributed by atoms with van der Waals surface area (Å²) in [5.74, 6) is -3.32. The SMILES string of the molecule is CC(C)N(C)c1nc2oc(C(=O)O)cc2nc1-c1ccc2c(c1)OCO2.CC(C)N(C)c1nc2oc(C(=O)O)cc2nc1-c1ccc2ccccc2c1.CC(C)N(C)c1nc2oc(C(=O)O)cc2nc1-c1cccnc1.CN(c1cccnc1)c1nc2oc(C(=O)O)cc2nc1-c1ccc(F)cc1.CN(c1nc2oc(C(=O)O)cc2nc1-c1ccc(F)cc1)C1CC1. The number of hydrogen-bond donors (Lipinski definition) is 5. The molecule has 0 amide bonds. The zero-order valence-corrected chi connectivity index (χ0v) is 69.8. The molecule has 17 aromatic rings. The molecule has 0 atom stereocenters. The number of aromatic nitrogens is 12. The molecule has 1 saturated carbocycles. The van der Waals surface area contributed by atoms with Crippen molar-refractivity contribution in [1.29, 1.82) is 0 Å². The van der Waals surface area contributed by atoms with Gasteiger partial charge in [-0.25, -0.2) is 57.7 Å². The number of aromatic carboxylic acids is 5. The summed E-state index contributed by atoms with van der Waals surface area (Å²) >= 11 is 0. The summed E-state index contributed by atoms with van der Waals surface area (Å²) in [6.07, 6.45) is 8.83. The van der Waals surface area contributed by atoms with E-state index in [4.69, 9.17) is 57.0 Å². The van der Waals surface area contributed by atoms with Crippen LogP contribution in [0, 0.1) is 11.6 Å². The Morgan fingerprint density at radius 1 is 0.354 bits per heavy atom. The van der Waals surface area contributed by atoms with Gasteiger partial charge < -0.3 is 81.6 Å². The number of nitrogens with zero attached hydrogens (tertiary/aromatic N) is 17. The Morgan fingerprint density at radius 2 is 0.701 bits per heavy atom. The molecular weight excluding hydrogens is 1640 g/mol. The number of furan rings is 5. The van der Waals surface area contributed by atoms with Gasteiger partial charge in [-0.05, 0) is 162 Å². The number of pyridine rings is 2. The Kier molecular flexibility index (Phi) is 24.2. The van der Waals surface area contributed by atoms with Crippen LogP contribution in [0.1, 0.15) is 107 Å². The van der Waals surface area contributed by atoms with E-state index in [1.807, 2.05) is 136 Å². The Hall–Kier alpha value is -16.4. The fourth-order valence-electron chi connectivity index (χ4n) is 13.1. The summed E-state index contributed by atoms with van der Waals surface area (Å²) in [6, 6.07) is 46.7. The highest BCUT2D eigenvalue weighted by molar-refractivity contribution is 5.97. The minimum atomic E-state index is -1.21. The van der Waals surface area contributed by atoms with Gasteiger partial charge in [0.15, 0.2) is 40.6 Å². The van der Waals surface area contributed by atoms with E-state index >= 15 is 0 Å². The zero-order chi connectivity index (χ0) is 89.9. The van der Waals surface area contributed by atoms with Gasteiger partial charge >= 0.3 is 29.8 Å². The second-order valence-corrected chi connectivity index (χ2v) is 30.1. The van der Waals surface area contributed by atoms with Crippen LogP contribution in [-0.4, -0.2) is 181 Å². The molecule has 34 nitrogen and oxygen atoms in total. The minimum Gasteiger partial charge on any atom is -0.475 e. The predicted molar refractivity (Wildman–Crippen MR) is 467 cm³/mol. The van der Waals surface area contributed by atoms with Gasteiger partial charge in [-0.2, -0.15) is 24.9 Å². The summed E-state index contributed by atoms with van der Waals surface area (Å²) in [7, 11) is 9.44. The molecule has 36 heteroatoms. The highest BCUT2D eigenvalue weighted by atomic mass is 19.1. The molecule has 2 aliphatic rings. The van der Waals surface area contributed by atoms with Gasteiger partial charge in [0.2, 0.25) is 64.2 Å². The van der Waals surface area contributed by atoms with E-state index in [0.717, 1.165) is 46.0 Å². The van der Waals surface area contributed by atoms with Crippen LogP contribution in [0.3, 0.4) is 0 Å². The van der Waals surface area contributed by atoms with E-state index in [-0.39, 0.29) is 93.9 Å². The average molecular weight is 1720 g/mol. The number of ether oxygens (including phenoxy) is 2. The van der Waals surface area contributed by atoms with Gasteiger partial charge in [-0.3, -0.25) is 9.97 Å². The largest absolute Gasteiger partial charge is 0.475 e. The van der Waals surface area contributed by atoms with Gasteiger partial charge in [0.1, 0.15) is 67.7 Å². The van der Waals surface area contributed by atoms with Crippen molar-refractivity contribution in [2.24, 2.45) is 0 Å². The van der Waals surface area contributed by atoms with Crippen LogP contribution in [0.5, 0.6) is 11.5 Å². The van der Waals surface area contributed by atoms with Crippen LogP contribution in [0.15, 0.2) is 211 Å². The molecular formula is C91H79F2N17O17. The first-order chi connectivity index (χ1) is 60.9. The van der Waals surface area contributed by atoms with Crippen molar-refractivity contribution in [3.63, 3.8) is 0 Å². The van der Waals surface area contributed by atoms with Gasteiger partial charge in [0.05, 0.1) is 11.9 Å². The number of halogens is 2. The molecule has 127 heavy (non-hydrogen) atoms. The third kappa shape index (κ3) is 18.5. The first kappa shape index (κ1) is 85.5. The number of rotatable bonds is 20. The molecule has 0 saturated heterocycles. The molecule has 1 fully saturated rings. The van der Waals surface area contributed by atoms with E-state index < -0.39 is 29.8 Å². The molecule has 19 rings (SSSR count). The topological polar surface area (TPSA) is 442 Å². The Bertz CT molecular complexity index is 7030. The summed E-state index contributed by atoms with van der Waals surface area (Å²) in [6.45, 7) is 12.4. The molecule has 13 heterocycles. The van der Waals surface area contributed by atoms with Crippen LogP contribution in [0.2, 0.25) is 0 Å². The first-order valence-corrected chi connectivity index (χ1v) is 39.5. The standard InChI is InChI=1S/C21H19N3O3.C19H13FN4O3.C18H17N3O5.C17H14FN3O3.C16H16N4O3/c1-12(2)24(3)19-18(15-9-8-13-6-4-5-7-14(13)10-15)22-16-11-17(21(25)26)27-20(16)23-19;1-24(13-3-2-8-21-10-13)17-16(11-4-6-12(20)7-5-11)22-14-9-15(19(25)26)27-18(14)23-17;1-9(2)21(3)16-15(10-4-5-12-13(6-10)25-8-24-12)19-11-7-14(18(22)23)26-17(11)20-16;1-21(11-6-7-11)15-14(9-2-4-10(18)5-3-9)19-12-8-13(17(22)23)24-16(12)20-15;1-9(2)20(3)14-13(10-5-4-6-17-8-10)18-11-7-12(16(21)22)23-15(11)19-14/h4-12H,1-3H3,(H,25,26);2-10H,1H3,(H,25,26);4-7,9H,8H2,1-3H3,(H,22,23);2-5,8,11H,6-7H2,1H3,(H,22,23);4-9H,1-3H3,(H,21,22). The summed E-state index contributed by atoms with van der Waals surface area (Å²) in [4.78, 5) is 119. The molecule has 0 spiro atoms. The molecule has 12 aromatic heterocycles. The normalized spacial score (nSPS) is 12.0. The van der Waals surface area contributed by atoms with Crippen molar-refractivity contribution in [2.75, 3.05) is 66.5 Å².